The molecular formula is C21H20FN5O3. The Labute approximate surface area is 171 Å². The largest absolute Gasteiger partial charge is 0.444 e. The zero-order chi connectivity index (χ0) is 20.4. The van der Waals surface area contributed by atoms with Crippen LogP contribution in [-0.4, -0.2) is 33.2 Å². The molecule has 1 saturated heterocycles. The number of fused-ring (bicyclic) bond motifs is 4. The normalized spacial score (nSPS) is 21.7. The van der Waals surface area contributed by atoms with Crippen LogP contribution >= 0.6 is 0 Å². The number of nitrogens with zero attached hydrogens (tertiary/aromatic N) is 5. The van der Waals surface area contributed by atoms with Crippen molar-refractivity contribution in [2.75, 3.05) is 9.80 Å². The van der Waals surface area contributed by atoms with Crippen LogP contribution in [0.5, 0.6) is 0 Å². The van der Waals surface area contributed by atoms with Gasteiger partial charge in [0.2, 0.25) is 0 Å². The minimum Gasteiger partial charge on any atom is -0.444 e. The Hall–Kier alpha value is -3.36. The highest BCUT2D eigenvalue weighted by Crippen LogP contribution is 2.43. The highest BCUT2D eigenvalue weighted by molar-refractivity contribution is 5.94. The van der Waals surface area contributed by atoms with Gasteiger partial charge in [0, 0.05) is 37.5 Å². The number of cyclic esters (lactones) is 1. The van der Waals surface area contributed by atoms with Crippen LogP contribution in [0.4, 0.5) is 20.6 Å². The van der Waals surface area contributed by atoms with Gasteiger partial charge in [0.1, 0.15) is 18.2 Å². The van der Waals surface area contributed by atoms with E-state index in [0.29, 0.717) is 43.7 Å². The van der Waals surface area contributed by atoms with Crippen LogP contribution < -0.4 is 9.80 Å². The summed E-state index contributed by atoms with van der Waals surface area (Å²) in [7, 11) is 1.89. The molecule has 0 radical (unpaired) electrons. The van der Waals surface area contributed by atoms with Crippen molar-refractivity contribution in [3.05, 3.63) is 59.0 Å². The zero-order valence-electron chi connectivity index (χ0n) is 16.4. The second kappa shape index (κ2) is 6.32. The minimum atomic E-state index is -0.408. The Morgan fingerprint density at radius 1 is 1.23 bits per heavy atom. The fourth-order valence-electron chi connectivity index (χ4n) is 4.89. The first-order valence-corrected chi connectivity index (χ1v) is 10.0. The number of halogens is 1. The van der Waals surface area contributed by atoms with Crippen LogP contribution in [-0.2, 0) is 37.7 Å². The summed E-state index contributed by atoms with van der Waals surface area (Å²) >= 11 is 0. The van der Waals surface area contributed by atoms with Gasteiger partial charge in [0.15, 0.2) is 0 Å². The molecule has 9 heteroatoms. The van der Waals surface area contributed by atoms with Gasteiger partial charge in [-0.15, -0.1) is 0 Å². The van der Waals surface area contributed by atoms with Gasteiger partial charge in [-0.25, -0.2) is 9.18 Å². The molecule has 8 nitrogen and oxygen atoms in total. The molecule has 5 heterocycles. The first-order chi connectivity index (χ1) is 14.6. The Morgan fingerprint density at radius 2 is 2.13 bits per heavy atom. The third-order valence-electron chi connectivity index (χ3n) is 6.26. The number of hydrogen-bond donors (Lipinski definition) is 0. The molecule has 0 unspecified atom stereocenters. The maximum absolute atomic E-state index is 15.1. The summed E-state index contributed by atoms with van der Waals surface area (Å²) in [4.78, 5) is 16.1. The smallest absolute Gasteiger partial charge is 0.415 e. The molecule has 1 fully saturated rings. The molecular weight excluding hydrogens is 389 g/mol. The molecule has 3 aromatic rings. The highest BCUT2D eigenvalue weighted by Gasteiger charge is 2.47. The number of anilines is 2. The van der Waals surface area contributed by atoms with E-state index in [1.54, 1.807) is 9.58 Å². The van der Waals surface area contributed by atoms with E-state index < -0.39 is 6.09 Å². The van der Waals surface area contributed by atoms with Gasteiger partial charge in [-0.2, -0.15) is 5.10 Å². The monoisotopic (exact) mass is 409 g/mol. The van der Waals surface area contributed by atoms with Gasteiger partial charge in [-0.05, 0) is 30.9 Å². The molecule has 2 aromatic heterocycles. The lowest BCUT2D eigenvalue weighted by atomic mass is 10.0. The van der Waals surface area contributed by atoms with Crippen molar-refractivity contribution in [3.8, 4) is 0 Å². The number of benzene rings is 1. The summed E-state index contributed by atoms with van der Waals surface area (Å²) in [5.74, 6) is -0.331. The summed E-state index contributed by atoms with van der Waals surface area (Å²) in [6, 6.07) is 5.05. The van der Waals surface area contributed by atoms with Gasteiger partial charge in [-0.3, -0.25) is 9.58 Å². The first-order valence-electron chi connectivity index (χ1n) is 10.0. The summed E-state index contributed by atoms with van der Waals surface area (Å²) in [5.41, 5.74) is 5.08. The highest BCUT2D eigenvalue weighted by atomic mass is 19.1. The van der Waals surface area contributed by atoms with Gasteiger partial charge >= 0.3 is 6.09 Å². The number of carbonyl (C=O) groups excluding carboxylic acids is 1. The number of amides is 1. The van der Waals surface area contributed by atoms with Gasteiger partial charge in [-0.1, -0.05) is 5.16 Å². The van der Waals surface area contributed by atoms with Crippen LogP contribution in [0.2, 0.25) is 0 Å². The SMILES string of the molecule is Cn1cc2c(n1)CN(c1cc3c(cc1F)N1C(=O)O[C@@H](CCc4ccon4)[C@@H]1C3)C2. The Bertz CT molecular complexity index is 1120. The average Bonchev–Trinajstić information content (AvgIpc) is 3.48. The lowest BCUT2D eigenvalue weighted by molar-refractivity contribution is 0.125. The molecule has 2 atom stereocenters. The maximum Gasteiger partial charge on any atom is 0.415 e. The van der Waals surface area contributed by atoms with E-state index in [0.717, 1.165) is 22.5 Å². The maximum atomic E-state index is 15.1. The van der Waals surface area contributed by atoms with Crippen LogP contribution in [0.15, 0.2) is 35.2 Å². The Kier molecular flexibility index (Phi) is 3.68. The van der Waals surface area contributed by atoms with E-state index >= 15 is 4.39 Å². The predicted octanol–water partition coefficient (Wildman–Crippen LogP) is 2.95. The standard InChI is InChI=1S/C21H20FN5O3/c1-25-9-13-10-26(11-16(13)23-25)18-6-12-7-19-20(3-2-14-4-5-29-24-14)30-21(28)27(19)17(12)8-15(18)22/h4-6,8-9,19-20H,2-3,7,10-11H2,1H3/t19-,20-/m0/s1. The molecule has 1 aromatic carbocycles. The average molecular weight is 409 g/mol. The molecule has 0 bridgehead atoms. The fourth-order valence-corrected chi connectivity index (χ4v) is 4.89. The van der Waals surface area contributed by atoms with Gasteiger partial charge < -0.3 is 14.2 Å². The quantitative estimate of drug-likeness (QED) is 0.660. The molecule has 6 rings (SSSR count). The number of carbonyl (C=O) groups is 1. The lowest BCUT2D eigenvalue weighted by Gasteiger charge is -2.20. The van der Waals surface area contributed by atoms with E-state index in [2.05, 4.69) is 10.3 Å². The second-order valence-corrected chi connectivity index (χ2v) is 8.16. The zero-order valence-corrected chi connectivity index (χ0v) is 16.4. The van der Waals surface area contributed by atoms with Gasteiger partial charge in [0.05, 0.1) is 35.3 Å². The van der Waals surface area contributed by atoms with Crippen molar-refractivity contribution in [1.29, 1.82) is 0 Å². The number of aryl methyl sites for hydroxylation is 2. The predicted molar refractivity (Wildman–Crippen MR) is 105 cm³/mol. The van der Waals surface area contributed by atoms with Crippen molar-refractivity contribution in [2.45, 2.75) is 44.5 Å². The van der Waals surface area contributed by atoms with Crippen molar-refractivity contribution in [1.82, 2.24) is 14.9 Å². The minimum absolute atomic E-state index is 0.118. The van der Waals surface area contributed by atoms with Crippen molar-refractivity contribution < 1.29 is 18.4 Å². The third kappa shape index (κ3) is 2.61. The molecule has 0 aliphatic carbocycles. The van der Waals surface area contributed by atoms with E-state index in [-0.39, 0.29) is 18.0 Å². The first kappa shape index (κ1) is 17.5. The number of ether oxygens (including phenoxy) is 1. The lowest BCUT2D eigenvalue weighted by Crippen LogP contribution is -2.33. The number of rotatable bonds is 4. The van der Waals surface area contributed by atoms with Crippen molar-refractivity contribution in [2.24, 2.45) is 7.05 Å². The molecule has 30 heavy (non-hydrogen) atoms. The molecule has 3 aliphatic rings. The summed E-state index contributed by atoms with van der Waals surface area (Å²) in [5, 5.41) is 8.36. The second-order valence-electron chi connectivity index (χ2n) is 8.16. The molecule has 0 N–H and O–H groups in total. The molecule has 3 aliphatic heterocycles. The molecule has 0 saturated carbocycles. The molecule has 0 spiro atoms. The summed E-state index contributed by atoms with van der Waals surface area (Å²) in [6.07, 6.45) is 4.81. The van der Waals surface area contributed by atoms with E-state index in [1.807, 2.05) is 30.3 Å². The van der Waals surface area contributed by atoms with Crippen LogP contribution in [0.1, 0.15) is 28.9 Å². The number of hydrogen-bond acceptors (Lipinski definition) is 6. The van der Waals surface area contributed by atoms with Crippen LogP contribution in [0.3, 0.4) is 0 Å². The van der Waals surface area contributed by atoms with E-state index in [1.165, 1.54) is 12.3 Å². The third-order valence-corrected chi connectivity index (χ3v) is 6.26. The van der Waals surface area contributed by atoms with Crippen molar-refractivity contribution >= 4 is 17.5 Å². The Balaban J connectivity index is 1.24. The topological polar surface area (TPSA) is 76.6 Å². The summed E-state index contributed by atoms with van der Waals surface area (Å²) in [6.45, 7) is 1.22. The fraction of sp³-hybridized carbons (Fsp3) is 0.381. The van der Waals surface area contributed by atoms with Crippen LogP contribution in [0, 0.1) is 5.82 Å². The Morgan fingerprint density at radius 3 is 2.93 bits per heavy atom. The molecule has 154 valence electrons. The van der Waals surface area contributed by atoms with E-state index in [4.69, 9.17) is 9.26 Å². The summed E-state index contributed by atoms with van der Waals surface area (Å²) < 4.78 is 27.3. The number of aromatic nitrogens is 3. The van der Waals surface area contributed by atoms with E-state index in [9.17, 15) is 4.79 Å². The molecule has 1 amide bonds. The van der Waals surface area contributed by atoms with Crippen molar-refractivity contribution in [3.63, 3.8) is 0 Å². The van der Waals surface area contributed by atoms with Gasteiger partial charge in [0.25, 0.3) is 0 Å². The van der Waals surface area contributed by atoms with Crippen LogP contribution in [0.25, 0.3) is 0 Å².